The Morgan fingerprint density at radius 2 is 1.95 bits per heavy atom. The van der Waals surface area contributed by atoms with Crippen molar-refractivity contribution in [1.82, 2.24) is 15.0 Å². The summed E-state index contributed by atoms with van der Waals surface area (Å²) in [5, 5.41) is 16.8. The van der Waals surface area contributed by atoms with Gasteiger partial charge < -0.3 is 5.11 Å². The number of hydrogen-bond acceptors (Lipinski definition) is 3. The van der Waals surface area contributed by atoms with Gasteiger partial charge in [0.1, 0.15) is 0 Å². The van der Waals surface area contributed by atoms with E-state index in [4.69, 9.17) is 5.11 Å². The Bertz CT molecular complexity index is 629. The van der Waals surface area contributed by atoms with Crippen molar-refractivity contribution < 1.29 is 9.90 Å². The molecule has 2 aromatic rings. The SMILES string of the molecule is CCc1c(C(=O)O)nnn1-c1c(Br)cc(C)cc1Br. The molecule has 19 heavy (non-hydrogen) atoms. The summed E-state index contributed by atoms with van der Waals surface area (Å²) in [5.74, 6) is -1.07. The molecule has 5 nitrogen and oxygen atoms in total. The van der Waals surface area contributed by atoms with Gasteiger partial charge in [0.05, 0.1) is 11.4 Å². The summed E-state index contributed by atoms with van der Waals surface area (Å²) in [4.78, 5) is 11.1. The Morgan fingerprint density at radius 1 is 1.37 bits per heavy atom. The number of carboxylic acids is 1. The Kier molecular flexibility index (Phi) is 4.05. The highest BCUT2D eigenvalue weighted by atomic mass is 79.9. The van der Waals surface area contributed by atoms with Crippen LogP contribution in [0, 0.1) is 6.92 Å². The van der Waals surface area contributed by atoms with Crippen LogP contribution in [0.2, 0.25) is 0 Å². The molecule has 1 aromatic heterocycles. The summed E-state index contributed by atoms with van der Waals surface area (Å²) in [6.45, 7) is 3.85. The first-order chi connectivity index (χ1) is 8.95. The van der Waals surface area contributed by atoms with Gasteiger partial charge in [-0.3, -0.25) is 0 Å². The number of aromatic nitrogens is 3. The Balaban J connectivity index is 2.69. The van der Waals surface area contributed by atoms with E-state index in [1.807, 2.05) is 26.0 Å². The molecule has 0 aliphatic carbocycles. The van der Waals surface area contributed by atoms with E-state index in [1.165, 1.54) is 0 Å². The van der Waals surface area contributed by atoms with Gasteiger partial charge in [-0.1, -0.05) is 12.1 Å². The predicted molar refractivity (Wildman–Crippen MR) is 77.8 cm³/mol. The maximum atomic E-state index is 11.1. The zero-order valence-electron chi connectivity index (χ0n) is 10.3. The zero-order chi connectivity index (χ0) is 14.2. The normalized spacial score (nSPS) is 10.7. The molecule has 0 aliphatic heterocycles. The molecule has 0 amide bonds. The molecule has 0 unspecified atom stereocenters. The van der Waals surface area contributed by atoms with Gasteiger partial charge in [-0.2, -0.15) is 0 Å². The van der Waals surface area contributed by atoms with Crippen molar-refractivity contribution in [3.63, 3.8) is 0 Å². The first-order valence-corrected chi connectivity index (χ1v) is 7.18. The number of aromatic carboxylic acids is 1. The van der Waals surface area contributed by atoms with Gasteiger partial charge in [0.25, 0.3) is 0 Å². The monoisotopic (exact) mass is 387 g/mol. The Hall–Kier alpha value is -1.21. The molecule has 0 bridgehead atoms. The standard InChI is InChI=1S/C12H11Br2N3O2/c1-3-9-10(12(18)19)15-16-17(9)11-7(13)4-6(2)5-8(11)14/h4-5H,3H2,1-2H3,(H,18,19). The van der Waals surface area contributed by atoms with Crippen LogP contribution >= 0.6 is 31.9 Å². The number of nitrogens with zero attached hydrogens (tertiary/aromatic N) is 3. The molecular weight excluding hydrogens is 378 g/mol. The fourth-order valence-corrected chi connectivity index (χ4v) is 3.61. The summed E-state index contributed by atoms with van der Waals surface area (Å²) in [5.41, 5.74) is 2.39. The van der Waals surface area contributed by atoms with E-state index in [2.05, 4.69) is 42.2 Å². The molecular formula is C12H11Br2N3O2. The molecule has 0 radical (unpaired) electrons. The number of aryl methyl sites for hydroxylation is 1. The van der Waals surface area contributed by atoms with Gasteiger partial charge in [0.15, 0.2) is 5.69 Å². The van der Waals surface area contributed by atoms with Crippen LogP contribution in [0.5, 0.6) is 0 Å². The largest absolute Gasteiger partial charge is 0.476 e. The first kappa shape index (κ1) is 14.2. The van der Waals surface area contributed by atoms with Crippen molar-refractivity contribution in [3.8, 4) is 5.69 Å². The average Bonchev–Trinajstić information content (AvgIpc) is 2.71. The van der Waals surface area contributed by atoms with E-state index in [-0.39, 0.29) is 5.69 Å². The molecule has 1 N–H and O–H groups in total. The number of carboxylic acid groups (broad SMARTS) is 1. The van der Waals surface area contributed by atoms with Gasteiger partial charge in [0, 0.05) is 8.95 Å². The summed E-state index contributed by atoms with van der Waals surface area (Å²) >= 11 is 6.96. The lowest BCUT2D eigenvalue weighted by molar-refractivity contribution is 0.0689. The third kappa shape index (κ3) is 2.57. The molecule has 0 fully saturated rings. The summed E-state index contributed by atoms with van der Waals surface area (Å²) < 4.78 is 3.21. The minimum absolute atomic E-state index is 0.0122. The number of benzene rings is 1. The second-order valence-corrected chi connectivity index (χ2v) is 5.74. The minimum atomic E-state index is -1.07. The van der Waals surface area contributed by atoms with E-state index in [0.717, 1.165) is 20.2 Å². The summed E-state index contributed by atoms with van der Waals surface area (Å²) in [6.07, 6.45) is 0.529. The van der Waals surface area contributed by atoms with Crippen LogP contribution in [0.4, 0.5) is 0 Å². The van der Waals surface area contributed by atoms with Crippen LogP contribution in [-0.2, 0) is 6.42 Å². The van der Waals surface area contributed by atoms with E-state index in [0.29, 0.717) is 12.1 Å². The lowest BCUT2D eigenvalue weighted by Gasteiger charge is -2.11. The van der Waals surface area contributed by atoms with Crippen molar-refractivity contribution in [2.45, 2.75) is 20.3 Å². The van der Waals surface area contributed by atoms with E-state index in [9.17, 15) is 4.79 Å². The number of carbonyl (C=O) groups is 1. The Labute approximate surface area is 126 Å². The molecule has 7 heteroatoms. The summed E-state index contributed by atoms with van der Waals surface area (Å²) in [6, 6.07) is 3.89. The van der Waals surface area contributed by atoms with Gasteiger partial charge in [0.2, 0.25) is 0 Å². The van der Waals surface area contributed by atoms with Gasteiger partial charge in [-0.05, 0) is 62.9 Å². The van der Waals surface area contributed by atoms with E-state index < -0.39 is 5.97 Å². The summed E-state index contributed by atoms with van der Waals surface area (Å²) in [7, 11) is 0. The molecule has 0 saturated carbocycles. The second kappa shape index (κ2) is 5.42. The van der Waals surface area contributed by atoms with Crippen molar-refractivity contribution in [2.24, 2.45) is 0 Å². The molecule has 0 spiro atoms. The smallest absolute Gasteiger partial charge is 0.358 e. The second-order valence-electron chi connectivity index (χ2n) is 4.03. The lowest BCUT2D eigenvalue weighted by Crippen LogP contribution is -2.07. The van der Waals surface area contributed by atoms with Gasteiger partial charge in [-0.15, -0.1) is 5.10 Å². The average molecular weight is 389 g/mol. The molecule has 1 aromatic carbocycles. The highest BCUT2D eigenvalue weighted by Gasteiger charge is 2.21. The molecule has 1 heterocycles. The maximum Gasteiger partial charge on any atom is 0.358 e. The van der Waals surface area contributed by atoms with Crippen molar-refractivity contribution >= 4 is 37.8 Å². The van der Waals surface area contributed by atoms with Gasteiger partial charge >= 0.3 is 5.97 Å². The van der Waals surface area contributed by atoms with Crippen molar-refractivity contribution in [3.05, 3.63) is 38.0 Å². The zero-order valence-corrected chi connectivity index (χ0v) is 13.5. The Morgan fingerprint density at radius 3 is 2.42 bits per heavy atom. The van der Waals surface area contributed by atoms with E-state index in [1.54, 1.807) is 4.68 Å². The fraction of sp³-hybridized carbons (Fsp3) is 0.250. The number of rotatable bonds is 3. The van der Waals surface area contributed by atoms with Crippen LogP contribution in [-0.4, -0.2) is 26.1 Å². The van der Waals surface area contributed by atoms with E-state index >= 15 is 0 Å². The van der Waals surface area contributed by atoms with Gasteiger partial charge in [-0.25, -0.2) is 9.48 Å². The van der Waals surface area contributed by atoms with Crippen LogP contribution in [0.15, 0.2) is 21.1 Å². The predicted octanol–water partition coefficient (Wildman–Crippen LogP) is 3.36. The molecule has 100 valence electrons. The fourth-order valence-electron chi connectivity index (χ4n) is 1.86. The first-order valence-electron chi connectivity index (χ1n) is 5.59. The van der Waals surface area contributed by atoms with Crippen molar-refractivity contribution in [1.29, 1.82) is 0 Å². The maximum absolute atomic E-state index is 11.1. The number of halogens is 2. The molecule has 0 saturated heterocycles. The third-order valence-electron chi connectivity index (χ3n) is 2.67. The topological polar surface area (TPSA) is 68.0 Å². The van der Waals surface area contributed by atoms with Crippen molar-refractivity contribution in [2.75, 3.05) is 0 Å². The third-order valence-corrected chi connectivity index (χ3v) is 3.88. The van der Waals surface area contributed by atoms with Crippen LogP contribution in [0.25, 0.3) is 5.69 Å². The van der Waals surface area contributed by atoms with Crippen LogP contribution in [0.3, 0.4) is 0 Å². The van der Waals surface area contributed by atoms with Crippen LogP contribution in [0.1, 0.15) is 28.7 Å². The van der Waals surface area contributed by atoms with Crippen LogP contribution < -0.4 is 0 Å². The highest BCUT2D eigenvalue weighted by Crippen LogP contribution is 2.31. The quantitative estimate of drug-likeness (QED) is 0.875. The minimum Gasteiger partial charge on any atom is -0.476 e. The number of hydrogen-bond donors (Lipinski definition) is 1. The lowest BCUT2D eigenvalue weighted by atomic mass is 10.2. The highest BCUT2D eigenvalue weighted by molar-refractivity contribution is 9.11. The molecule has 0 aliphatic rings. The molecule has 2 rings (SSSR count). The molecule has 0 atom stereocenters.